The summed E-state index contributed by atoms with van der Waals surface area (Å²) < 4.78 is 11.4. The minimum absolute atomic E-state index is 0.0807. The van der Waals surface area contributed by atoms with E-state index in [1.165, 1.54) is 11.1 Å². The molecule has 1 N–H and O–H groups in total. The molecule has 0 aromatic heterocycles. The summed E-state index contributed by atoms with van der Waals surface area (Å²) in [6.07, 6.45) is 2.11. The van der Waals surface area contributed by atoms with Crippen molar-refractivity contribution in [2.45, 2.75) is 39.2 Å². The van der Waals surface area contributed by atoms with Gasteiger partial charge < -0.3 is 19.7 Å². The second-order valence-electron chi connectivity index (χ2n) is 8.36. The number of carbonyl (C=O) groups is 2. The molecule has 6 heteroatoms. The number of nitrogens with one attached hydrogen (secondary N) is 1. The number of hydrogen-bond acceptors (Lipinski definition) is 4. The van der Waals surface area contributed by atoms with Crippen molar-refractivity contribution in [1.29, 1.82) is 0 Å². The van der Waals surface area contributed by atoms with E-state index >= 15 is 0 Å². The molecule has 1 aliphatic rings. The molecule has 0 saturated carbocycles. The minimum atomic E-state index is -0.544. The van der Waals surface area contributed by atoms with Crippen molar-refractivity contribution < 1.29 is 19.1 Å². The molecule has 1 atom stereocenters. The van der Waals surface area contributed by atoms with E-state index in [0.29, 0.717) is 29.4 Å². The van der Waals surface area contributed by atoms with Gasteiger partial charge in [0.05, 0.1) is 5.69 Å². The highest BCUT2D eigenvalue weighted by atomic mass is 16.5. The van der Waals surface area contributed by atoms with Crippen LogP contribution in [0, 0.1) is 0 Å². The second kappa shape index (κ2) is 10.9. The second-order valence-corrected chi connectivity index (χ2v) is 8.36. The Morgan fingerprint density at radius 1 is 1.03 bits per heavy atom. The fraction of sp³-hybridized carbons (Fsp3) is 0.286. The molecule has 0 fully saturated rings. The summed E-state index contributed by atoms with van der Waals surface area (Å²) in [5.41, 5.74) is 3.71. The third-order valence-electron chi connectivity index (χ3n) is 5.84. The Hall–Kier alpha value is -3.80. The third kappa shape index (κ3) is 5.76. The van der Waals surface area contributed by atoms with Gasteiger partial charge >= 0.3 is 0 Å². The Bertz CT molecular complexity index is 1130. The van der Waals surface area contributed by atoms with Gasteiger partial charge in [0.2, 0.25) is 0 Å². The number of rotatable bonds is 9. The summed E-state index contributed by atoms with van der Waals surface area (Å²) >= 11 is 0. The zero-order chi connectivity index (χ0) is 23.9. The summed E-state index contributed by atoms with van der Waals surface area (Å²) in [6.45, 7) is 4.32. The maximum atomic E-state index is 12.9. The van der Waals surface area contributed by atoms with Crippen LogP contribution in [0.1, 0.15) is 31.4 Å². The predicted molar refractivity (Wildman–Crippen MR) is 134 cm³/mol. The van der Waals surface area contributed by atoms with Gasteiger partial charge in [-0.25, -0.2) is 0 Å². The molecular formula is C28H30N2O4. The topological polar surface area (TPSA) is 67.9 Å². The smallest absolute Gasteiger partial charge is 0.267 e. The Morgan fingerprint density at radius 2 is 1.79 bits per heavy atom. The summed E-state index contributed by atoms with van der Waals surface area (Å²) in [4.78, 5) is 27.1. The molecule has 4 rings (SSSR count). The van der Waals surface area contributed by atoms with Gasteiger partial charge in [-0.05, 0) is 67.6 Å². The molecule has 34 heavy (non-hydrogen) atoms. The highest BCUT2D eigenvalue weighted by molar-refractivity contribution is 6.01. The first-order chi connectivity index (χ1) is 16.5. The van der Waals surface area contributed by atoms with Crippen molar-refractivity contribution in [1.82, 2.24) is 0 Å². The van der Waals surface area contributed by atoms with E-state index < -0.39 is 6.10 Å². The van der Waals surface area contributed by atoms with Crippen molar-refractivity contribution in [2.24, 2.45) is 0 Å². The molecule has 176 valence electrons. The molecule has 1 aliphatic heterocycles. The maximum Gasteiger partial charge on any atom is 0.267 e. The van der Waals surface area contributed by atoms with E-state index in [1.54, 1.807) is 30.0 Å². The highest BCUT2D eigenvalue weighted by Gasteiger charge is 2.31. The largest absolute Gasteiger partial charge is 0.484 e. The number of hydrogen-bond donors (Lipinski definition) is 1. The average Bonchev–Trinajstić information content (AvgIpc) is 2.86. The lowest BCUT2D eigenvalue weighted by molar-refractivity contribution is -0.125. The van der Waals surface area contributed by atoms with E-state index in [1.807, 2.05) is 42.5 Å². The first-order valence-corrected chi connectivity index (χ1v) is 11.7. The van der Waals surface area contributed by atoms with E-state index in [9.17, 15) is 9.59 Å². The lowest BCUT2D eigenvalue weighted by Gasteiger charge is -2.33. The number of benzene rings is 3. The molecular weight excluding hydrogens is 428 g/mol. The zero-order valence-electron chi connectivity index (χ0n) is 19.6. The molecule has 0 spiro atoms. The number of fused-ring (bicyclic) bond motifs is 1. The fourth-order valence-corrected chi connectivity index (χ4v) is 3.97. The van der Waals surface area contributed by atoms with Crippen LogP contribution in [-0.4, -0.2) is 31.1 Å². The van der Waals surface area contributed by atoms with Crippen LogP contribution in [-0.2, 0) is 22.4 Å². The van der Waals surface area contributed by atoms with Gasteiger partial charge in [0.15, 0.2) is 12.7 Å². The number of ether oxygens (including phenoxy) is 2. The van der Waals surface area contributed by atoms with Crippen LogP contribution in [0.3, 0.4) is 0 Å². The quantitative estimate of drug-likeness (QED) is 0.489. The Morgan fingerprint density at radius 3 is 2.53 bits per heavy atom. The predicted octanol–water partition coefficient (Wildman–Crippen LogP) is 5.01. The van der Waals surface area contributed by atoms with Crippen molar-refractivity contribution >= 4 is 23.2 Å². The first kappa shape index (κ1) is 23.4. The minimum Gasteiger partial charge on any atom is -0.484 e. The summed E-state index contributed by atoms with van der Waals surface area (Å²) in [5, 5.41) is 2.86. The van der Waals surface area contributed by atoms with Crippen molar-refractivity contribution in [3.8, 4) is 11.5 Å². The monoisotopic (exact) mass is 458 g/mol. The van der Waals surface area contributed by atoms with Crippen LogP contribution >= 0.6 is 0 Å². The normalized spacial score (nSPS) is 14.8. The number of carbonyl (C=O) groups excluding carboxylic acids is 2. The lowest BCUT2D eigenvalue weighted by Crippen LogP contribution is -2.45. The van der Waals surface area contributed by atoms with Gasteiger partial charge in [-0.1, -0.05) is 49.4 Å². The van der Waals surface area contributed by atoms with Gasteiger partial charge in [-0.15, -0.1) is 0 Å². The first-order valence-electron chi connectivity index (χ1n) is 11.7. The van der Waals surface area contributed by atoms with E-state index in [-0.39, 0.29) is 18.4 Å². The van der Waals surface area contributed by atoms with Crippen molar-refractivity contribution in [3.05, 3.63) is 83.9 Å². The standard InChI is InChI=1S/C28H30N2O4/c1-3-21-11-14-24(15-12-21)33-19-27(31)29-23-13-16-26-25(18-23)30(28(32)20(2)34-26)17-7-10-22-8-5-4-6-9-22/h4-6,8-9,11-16,18,20H,3,7,10,17,19H2,1-2H3,(H,29,31). The van der Waals surface area contributed by atoms with Crippen molar-refractivity contribution in [3.63, 3.8) is 0 Å². The Labute approximate surface area is 200 Å². The maximum absolute atomic E-state index is 12.9. The molecule has 3 aromatic carbocycles. The number of amides is 2. The Balaban J connectivity index is 1.39. The van der Waals surface area contributed by atoms with Gasteiger partial charge in [0.25, 0.3) is 11.8 Å². The van der Waals surface area contributed by atoms with Gasteiger partial charge in [-0.2, -0.15) is 0 Å². The zero-order valence-corrected chi connectivity index (χ0v) is 19.6. The van der Waals surface area contributed by atoms with Crippen LogP contribution in [0.25, 0.3) is 0 Å². The summed E-state index contributed by atoms with van der Waals surface area (Å²) in [5.74, 6) is 0.932. The summed E-state index contributed by atoms with van der Waals surface area (Å²) in [7, 11) is 0. The molecule has 1 unspecified atom stereocenters. The highest BCUT2D eigenvalue weighted by Crippen LogP contribution is 2.36. The average molecular weight is 459 g/mol. The molecule has 0 radical (unpaired) electrons. The molecule has 0 saturated heterocycles. The van der Waals surface area contributed by atoms with Crippen LogP contribution in [0.15, 0.2) is 72.8 Å². The van der Waals surface area contributed by atoms with Crippen LogP contribution in [0.5, 0.6) is 11.5 Å². The van der Waals surface area contributed by atoms with E-state index in [0.717, 1.165) is 19.3 Å². The molecule has 1 heterocycles. The van der Waals surface area contributed by atoms with E-state index in [2.05, 4.69) is 24.4 Å². The van der Waals surface area contributed by atoms with E-state index in [4.69, 9.17) is 9.47 Å². The molecule has 2 amide bonds. The van der Waals surface area contributed by atoms with Crippen LogP contribution in [0.2, 0.25) is 0 Å². The van der Waals surface area contributed by atoms with Crippen molar-refractivity contribution in [2.75, 3.05) is 23.4 Å². The molecule has 6 nitrogen and oxygen atoms in total. The van der Waals surface area contributed by atoms with Gasteiger partial charge in [0, 0.05) is 12.2 Å². The summed E-state index contributed by atoms with van der Waals surface area (Å²) in [6, 6.07) is 23.3. The number of nitrogens with zero attached hydrogens (tertiary/aromatic N) is 1. The fourth-order valence-electron chi connectivity index (χ4n) is 3.97. The van der Waals surface area contributed by atoms with Gasteiger partial charge in [0.1, 0.15) is 11.5 Å². The number of aryl methyl sites for hydroxylation is 2. The molecule has 0 aliphatic carbocycles. The third-order valence-corrected chi connectivity index (χ3v) is 5.84. The Kier molecular flexibility index (Phi) is 7.48. The lowest BCUT2D eigenvalue weighted by atomic mass is 10.1. The SMILES string of the molecule is CCc1ccc(OCC(=O)Nc2ccc3c(c2)N(CCCc2ccccc2)C(=O)C(C)O3)cc1. The van der Waals surface area contributed by atoms with Crippen LogP contribution < -0.4 is 19.7 Å². The molecule has 3 aromatic rings. The van der Waals surface area contributed by atoms with Gasteiger partial charge in [-0.3, -0.25) is 9.59 Å². The molecule has 0 bridgehead atoms. The number of anilines is 2. The van der Waals surface area contributed by atoms with Crippen LogP contribution in [0.4, 0.5) is 11.4 Å².